The molecule has 0 spiro atoms. The molecule has 0 aliphatic rings. The lowest BCUT2D eigenvalue weighted by molar-refractivity contribution is 0.398. The molecule has 0 amide bonds. The van der Waals surface area contributed by atoms with Gasteiger partial charge in [0.1, 0.15) is 0 Å². The fraction of sp³-hybridized carbons (Fsp3) is 0.500. The van der Waals surface area contributed by atoms with Crippen molar-refractivity contribution >= 4 is 0 Å². The van der Waals surface area contributed by atoms with E-state index in [0.717, 1.165) is 25.7 Å². The predicted octanol–water partition coefficient (Wildman–Crippen LogP) is 13.2. The molecule has 1 atom stereocenters. The molecule has 3 aromatic carbocycles. The Labute approximate surface area is 273 Å². The lowest BCUT2D eigenvalue weighted by Gasteiger charge is -2.38. The summed E-state index contributed by atoms with van der Waals surface area (Å²) in [5, 5.41) is 0. The highest BCUT2D eigenvalue weighted by atomic mass is 14.4. The van der Waals surface area contributed by atoms with Gasteiger partial charge in [-0.3, -0.25) is 0 Å². The van der Waals surface area contributed by atoms with Crippen LogP contribution in [-0.4, -0.2) is 0 Å². The van der Waals surface area contributed by atoms with Crippen molar-refractivity contribution < 1.29 is 0 Å². The van der Waals surface area contributed by atoms with E-state index in [0.29, 0.717) is 5.41 Å². The summed E-state index contributed by atoms with van der Waals surface area (Å²) in [6.45, 7) is 33.3. The first-order valence-electron chi connectivity index (χ1n) is 17.0. The lowest BCUT2D eigenvalue weighted by Crippen LogP contribution is -2.32. The predicted molar refractivity (Wildman–Crippen MR) is 198 cm³/mol. The molecule has 3 aromatic rings. The molecule has 0 heterocycles. The van der Waals surface area contributed by atoms with Gasteiger partial charge in [-0.2, -0.15) is 0 Å². The molecule has 0 heteroatoms. The summed E-state index contributed by atoms with van der Waals surface area (Å²) in [4.78, 5) is 0. The van der Waals surface area contributed by atoms with Gasteiger partial charge in [0.25, 0.3) is 0 Å². The lowest BCUT2D eigenvalue weighted by atomic mass is 9.65. The van der Waals surface area contributed by atoms with Crippen molar-refractivity contribution in [2.24, 2.45) is 5.41 Å². The summed E-state index contributed by atoms with van der Waals surface area (Å²) in [5.74, 6) is 0. The van der Waals surface area contributed by atoms with E-state index in [9.17, 15) is 0 Å². The molecule has 0 saturated heterocycles. The first-order chi connectivity index (χ1) is 20.5. The van der Waals surface area contributed by atoms with Gasteiger partial charge in [0.2, 0.25) is 0 Å². The van der Waals surface area contributed by atoms with E-state index in [-0.39, 0.29) is 10.8 Å². The molecule has 0 fully saturated rings. The van der Waals surface area contributed by atoms with Gasteiger partial charge < -0.3 is 0 Å². The molecule has 44 heavy (non-hydrogen) atoms. The standard InChI is InChI=1S/C38H50.C6H14/c1-28(2)16-12-10-15-19-33-24-34(21-20-31(33)6)38(26-29(3)4,27-32-17-13-11-14-18-32)36-23-30(5)22-35(25-36)37(7,8)9;1-5-6(2,3)4/h11,13-14,17-18,20-25H,1,3,10,12,15-16,19,26-27H2,2,4-9H3;5H2,1-4H3. The third kappa shape index (κ3) is 11.9. The molecule has 0 aliphatic carbocycles. The van der Waals surface area contributed by atoms with Crippen LogP contribution in [0.1, 0.15) is 140 Å². The molecule has 0 saturated carbocycles. The number of hydrogen-bond acceptors (Lipinski definition) is 0. The monoisotopic (exact) mass is 593 g/mol. The molecule has 0 nitrogen and oxygen atoms in total. The fourth-order valence-corrected chi connectivity index (χ4v) is 5.75. The van der Waals surface area contributed by atoms with Crippen LogP contribution >= 0.6 is 0 Å². The smallest absolute Gasteiger partial charge is 0.0280 e. The second-order valence-corrected chi connectivity index (χ2v) is 15.8. The maximum Gasteiger partial charge on any atom is 0.0280 e. The molecular weight excluding hydrogens is 528 g/mol. The number of allylic oxidation sites excluding steroid dienone is 2. The zero-order chi connectivity index (χ0) is 33.1. The highest BCUT2D eigenvalue weighted by Crippen LogP contribution is 2.43. The number of benzene rings is 3. The third-order valence-electron chi connectivity index (χ3n) is 8.96. The molecule has 0 radical (unpaired) electrons. The molecule has 0 aliphatic heterocycles. The maximum absolute atomic E-state index is 4.44. The maximum atomic E-state index is 4.44. The summed E-state index contributed by atoms with van der Waals surface area (Å²) >= 11 is 0. The normalized spacial score (nSPS) is 13.1. The number of unbranched alkanes of at least 4 members (excludes halogenated alkanes) is 2. The zero-order valence-electron chi connectivity index (χ0n) is 30.4. The molecular formula is C44H64. The molecule has 0 N–H and O–H groups in total. The summed E-state index contributed by atoms with van der Waals surface area (Å²) in [6.07, 6.45) is 9.14. The largest absolute Gasteiger partial charge is 0.100 e. The van der Waals surface area contributed by atoms with Crippen LogP contribution in [0.5, 0.6) is 0 Å². The van der Waals surface area contributed by atoms with Gasteiger partial charge in [-0.25, -0.2) is 0 Å². The quantitative estimate of drug-likeness (QED) is 0.145. The van der Waals surface area contributed by atoms with Gasteiger partial charge in [-0.1, -0.05) is 145 Å². The van der Waals surface area contributed by atoms with Gasteiger partial charge >= 0.3 is 0 Å². The van der Waals surface area contributed by atoms with Crippen LogP contribution in [0.3, 0.4) is 0 Å². The van der Waals surface area contributed by atoms with Gasteiger partial charge in [0.15, 0.2) is 0 Å². The number of hydrogen-bond donors (Lipinski definition) is 0. The van der Waals surface area contributed by atoms with Crippen LogP contribution in [0.25, 0.3) is 0 Å². The van der Waals surface area contributed by atoms with Crippen LogP contribution in [0.15, 0.2) is 91.0 Å². The molecule has 1 unspecified atom stereocenters. The Morgan fingerprint density at radius 3 is 1.84 bits per heavy atom. The average molecular weight is 593 g/mol. The summed E-state index contributed by atoms with van der Waals surface area (Å²) in [6, 6.07) is 25.6. The first kappa shape index (κ1) is 37.3. The van der Waals surface area contributed by atoms with E-state index in [1.807, 2.05) is 0 Å². The van der Waals surface area contributed by atoms with Crippen LogP contribution in [0, 0.1) is 19.3 Å². The Kier molecular flexibility index (Phi) is 14.0. The fourth-order valence-electron chi connectivity index (χ4n) is 5.75. The molecule has 0 bridgehead atoms. The van der Waals surface area contributed by atoms with Gasteiger partial charge in [-0.15, -0.1) is 13.2 Å². The minimum absolute atomic E-state index is 0.0880. The molecule has 0 aromatic heterocycles. The van der Waals surface area contributed by atoms with E-state index in [1.165, 1.54) is 75.8 Å². The van der Waals surface area contributed by atoms with Crippen molar-refractivity contribution in [3.8, 4) is 0 Å². The summed E-state index contributed by atoms with van der Waals surface area (Å²) < 4.78 is 0. The highest BCUT2D eigenvalue weighted by Gasteiger charge is 2.36. The minimum atomic E-state index is -0.179. The van der Waals surface area contributed by atoms with Crippen LogP contribution in [0.4, 0.5) is 0 Å². The Hall–Kier alpha value is -2.86. The van der Waals surface area contributed by atoms with Gasteiger partial charge in [-0.05, 0) is 110 Å². The molecule has 240 valence electrons. The van der Waals surface area contributed by atoms with E-state index >= 15 is 0 Å². The topological polar surface area (TPSA) is 0 Å². The molecule has 3 rings (SSSR count). The van der Waals surface area contributed by atoms with Crippen molar-refractivity contribution in [2.75, 3.05) is 0 Å². The Balaban J connectivity index is 0.00000102. The van der Waals surface area contributed by atoms with Crippen molar-refractivity contribution in [1.29, 1.82) is 0 Å². The summed E-state index contributed by atoms with van der Waals surface area (Å²) in [5.41, 5.74) is 12.8. The Morgan fingerprint density at radius 2 is 1.30 bits per heavy atom. The van der Waals surface area contributed by atoms with E-state index in [4.69, 9.17) is 0 Å². The Bertz CT molecular complexity index is 1340. The first-order valence-corrected chi connectivity index (χ1v) is 17.0. The van der Waals surface area contributed by atoms with E-state index < -0.39 is 0 Å². The number of rotatable bonds is 12. The van der Waals surface area contributed by atoms with E-state index in [1.54, 1.807) is 0 Å². The van der Waals surface area contributed by atoms with E-state index in [2.05, 4.69) is 156 Å². The van der Waals surface area contributed by atoms with Gasteiger partial charge in [0.05, 0.1) is 0 Å². The average Bonchev–Trinajstić information content (AvgIpc) is 2.92. The van der Waals surface area contributed by atoms with Crippen LogP contribution in [0.2, 0.25) is 0 Å². The number of aryl methyl sites for hydroxylation is 3. The SMILES string of the molecule is C=C(C)CCCCCc1cc(C(CC(=C)C)(Cc2ccccc2)c2cc(C)cc(C(C)(C)C)c2)ccc1C.CCC(C)(C)C. The van der Waals surface area contributed by atoms with Gasteiger partial charge in [0, 0.05) is 5.41 Å². The van der Waals surface area contributed by atoms with Crippen molar-refractivity contribution in [1.82, 2.24) is 0 Å². The van der Waals surface area contributed by atoms with Crippen molar-refractivity contribution in [3.63, 3.8) is 0 Å². The highest BCUT2D eigenvalue weighted by molar-refractivity contribution is 5.49. The second-order valence-electron chi connectivity index (χ2n) is 15.8. The van der Waals surface area contributed by atoms with Crippen molar-refractivity contribution in [3.05, 3.63) is 130 Å². The third-order valence-corrected chi connectivity index (χ3v) is 8.96. The van der Waals surface area contributed by atoms with Crippen LogP contribution in [-0.2, 0) is 23.7 Å². The van der Waals surface area contributed by atoms with Crippen LogP contribution < -0.4 is 0 Å². The zero-order valence-corrected chi connectivity index (χ0v) is 30.4. The van der Waals surface area contributed by atoms with Crippen molar-refractivity contribution in [2.45, 2.75) is 138 Å². The Morgan fingerprint density at radius 1 is 0.682 bits per heavy atom. The summed E-state index contributed by atoms with van der Waals surface area (Å²) in [7, 11) is 0. The second kappa shape index (κ2) is 16.5. The minimum Gasteiger partial charge on any atom is -0.100 e.